The van der Waals surface area contributed by atoms with E-state index in [1.54, 1.807) is 0 Å². The summed E-state index contributed by atoms with van der Waals surface area (Å²) in [6.07, 6.45) is 3.91. The third-order valence-corrected chi connectivity index (χ3v) is 4.50. The van der Waals surface area contributed by atoms with Gasteiger partial charge in [0.05, 0.1) is 6.20 Å². The summed E-state index contributed by atoms with van der Waals surface area (Å²) in [6, 6.07) is 14.9. The summed E-state index contributed by atoms with van der Waals surface area (Å²) < 4.78 is 12.6. The zero-order valence-corrected chi connectivity index (χ0v) is 14.4. The molecular formula is C20H21N3O2. The second kappa shape index (κ2) is 6.61. The summed E-state index contributed by atoms with van der Waals surface area (Å²) in [4.78, 5) is 0. The van der Waals surface area contributed by atoms with E-state index in [-0.39, 0.29) is 6.04 Å². The van der Waals surface area contributed by atoms with Crippen molar-refractivity contribution in [2.45, 2.75) is 19.5 Å². The van der Waals surface area contributed by atoms with Crippen LogP contribution in [0.2, 0.25) is 0 Å². The average Bonchev–Trinajstić information content (AvgIpc) is 3.28. The van der Waals surface area contributed by atoms with Crippen molar-refractivity contribution in [2.75, 3.05) is 6.79 Å². The van der Waals surface area contributed by atoms with Gasteiger partial charge >= 0.3 is 0 Å². The maximum atomic E-state index is 5.45. The smallest absolute Gasteiger partial charge is 0.231 e. The number of nitrogens with zero attached hydrogens (tertiary/aromatic N) is 2. The predicted octanol–water partition coefficient (Wildman–Crippen LogP) is 3.67. The van der Waals surface area contributed by atoms with Crippen LogP contribution in [0.5, 0.6) is 11.5 Å². The number of rotatable bonds is 5. The zero-order chi connectivity index (χ0) is 17.2. The number of hydrogen-bond donors (Lipinski definition) is 1. The predicted molar refractivity (Wildman–Crippen MR) is 96.5 cm³/mol. The van der Waals surface area contributed by atoms with Crippen molar-refractivity contribution in [3.63, 3.8) is 0 Å². The lowest BCUT2D eigenvalue weighted by Crippen LogP contribution is -2.17. The van der Waals surface area contributed by atoms with Gasteiger partial charge in [-0.3, -0.25) is 4.68 Å². The Morgan fingerprint density at radius 3 is 2.64 bits per heavy atom. The Bertz CT molecular complexity index is 871. The number of aromatic nitrogens is 2. The summed E-state index contributed by atoms with van der Waals surface area (Å²) in [5, 5.41) is 7.78. The molecule has 1 unspecified atom stereocenters. The van der Waals surface area contributed by atoms with Gasteiger partial charge in [0.2, 0.25) is 6.79 Å². The molecule has 0 amide bonds. The summed E-state index contributed by atoms with van der Waals surface area (Å²) in [6.45, 7) is 3.27. The molecule has 2 aromatic carbocycles. The van der Waals surface area contributed by atoms with Crippen LogP contribution in [0.15, 0.2) is 54.9 Å². The zero-order valence-electron chi connectivity index (χ0n) is 14.4. The first-order valence-corrected chi connectivity index (χ1v) is 8.40. The number of ether oxygens (including phenoxy) is 2. The standard InChI is InChI=1S/C20H21N3O2/c1-14(17-7-8-19-20(9-17)25-13-24-19)21-10-15-3-5-16(6-4-15)18-11-22-23(2)12-18/h3-9,11-12,14,21H,10,13H2,1-2H3. The maximum absolute atomic E-state index is 5.45. The minimum Gasteiger partial charge on any atom is -0.454 e. The molecule has 1 N–H and O–H groups in total. The molecular weight excluding hydrogens is 314 g/mol. The van der Waals surface area contributed by atoms with E-state index in [9.17, 15) is 0 Å². The summed E-state index contributed by atoms with van der Waals surface area (Å²) in [5.74, 6) is 1.65. The molecule has 1 aromatic heterocycles. The molecule has 128 valence electrons. The molecule has 1 atom stereocenters. The Morgan fingerprint density at radius 2 is 1.88 bits per heavy atom. The molecule has 0 aliphatic carbocycles. The van der Waals surface area contributed by atoms with Crippen molar-refractivity contribution in [3.8, 4) is 22.6 Å². The SMILES string of the molecule is CC(NCc1ccc(-c2cnn(C)c2)cc1)c1ccc2c(c1)OCO2. The van der Waals surface area contributed by atoms with Crippen molar-refractivity contribution in [1.82, 2.24) is 15.1 Å². The Labute approximate surface area is 147 Å². The van der Waals surface area contributed by atoms with Crippen molar-refractivity contribution < 1.29 is 9.47 Å². The van der Waals surface area contributed by atoms with Crippen molar-refractivity contribution >= 4 is 0 Å². The fourth-order valence-electron chi connectivity index (χ4n) is 2.96. The molecule has 0 fully saturated rings. The van der Waals surface area contributed by atoms with Gasteiger partial charge < -0.3 is 14.8 Å². The van der Waals surface area contributed by atoms with Gasteiger partial charge in [0.1, 0.15) is 0 Å². The fourth-order valence-corrected chi connectivity index (χ4v) is 2.96. The normalized spacial score (nSPS) is 13.8. The summed E-state index contributed by atoms with van der Waals surface area (Å²) >= 11 is 0. The van der Waals surface area contributed by atoms with Crippen LogP contribution < -0.4 is 14.8 Å². The monoisotopic (exact) mass is 335 g/mol. The first kappa shape index (κ1) is 15.7. The van der Waals surface area contributed by atoms with Gasteiger partial charge in [-0.1, -0.05) is 30.3 Å². The van der Waals surface area contributed by atoms with Crippen molar-refractivity contribution in [2.24, 2.45) is 7.05 Å². The van der Waals surface area contributed by atoms with Crippen molar-refractivity contribution in [3.05, 3.63) is 66.0 Å². The lowest BCUT2D eigenvalue weighted by Gasteiger charge is -2.15. The van der Waals surface area contributed by atoms with Gasteiger partial charge in [0.15, 0.2) is 11.5 Å². The van der Waals surface area contributed by atoms with E-state index in [0.29, 0.717) is 6.79 Å². The van der Waals surface area contributed by atoms with Gasteiger partial charge in [0.25, 0.3) is 0 Å². The molecule has 0 spiro atoms. The third-order valence-electron chi connectivity index (χ3n) is 4.50. The summed E-state index contributed by atoms with van der Waals surface area (Å²) in [7, 11) is 1.93. The Kier molecular flexibility index (Phi) is 4.15. The summed E-state index contributed by atoms with van der Waals surface area (Å²) in [5.41, 5.74) is 4.76. The Balaban J connectivity index is 1.39. The number of aryl methyl sites for hydroxylation is 1. The minimum atomic E-state index is 0.229. The van der Waals surface area contributed by atoms with Crippen LogP contribution in [-0.2, 0) is 13.6 Å². The van der Waals surface area contributed by atoms with Gasteiger partial charge in [0, 0.05) is 31.4 Å². The van der Waals surface area contributed by atoms with Crippen LogP contribution in [0.3, 0.4) is 0 Å². The Morgan fingerprint density at radius 1 is 1.08 bits per heavy atom. The van der Waals surface area contributed by atoms with Gasteiger partial charge in [-0.25, -0.2) is 0 Å². The molecule has 5 nitrogen and oxygen atoms in total. The van der Waals surface area contributed by atoms with E-state index < -0.39 is 0 Å². The number of hydrogen-bond acceptors (Lipinski definition) is 4. The minimum absolute atomic E-state index is 0.229. The molecule has 0 bridgehead atoms. The van der Waals surface area contributed by atoms with E-state index in [4.69, 9.17) is 9.47 Å². The fraction of sp³-hybridized carbons (Fsp3) is 0.250. The highest BCUT2D eigenvalue weighted by atomic mass is 16.7. The van der Waals surface area contributed by atoms with E-state index in [1.807, 2.05) is 36.3 Å². The molecule has 0 radical (unpaired) electrons. The molecule has 1 aliphatic heterocycles. The molecule has 25 heavy (non-hydrogen) atoms. The van der Waals surface area contributed by atoms with Gasteiger partial charge in [-0.2, -0.15) is 5.10 Å². The highest BCUT2D eigenvalue weighted by Crippen LogP contribution is 2.34. The highest BCUT2D eigenvalue weighted by Gasteiger charge is 2.15. The average molecular weight is 335 g/mol. The van der Waals surface area contributed by atoms with Crippen LogP contribution in [0.25, 0.3) is 11.1 Å². The second-order valence-corrected chi connectivity index (χ2v) is 6.31. The number of fused-ring (bicyclic) bond motifs is 1. The van der Waals surface area contributed by atoms with Crippen LogP contribution in [0.4, 0.5) is 0 Å². The third kappa shape index (κ3) is 3.37. The second-order valence-electron chi connectivity index (χ2n) is 6.31. The van der Waals surface area contributed by atoms with Crippen molar-refractivity contribution in [1.29, 1.82) is 0 Å². The van der Waals surface area contributed by atoms with E-state index in [0.717, 1.165) is 23.6 Å². The topological polar surface area (TPSA) is 48.3 Å². The van der Waals surface area contributed by atoms with Crippen LogP contribution in [0, 0.1) is 0 Å². The lowest BCUT2D eigenvalue weighted by atomic mass is 10.1. The molecule has 3 aromatic rings. The van der Waals surface area contributed by atoms with Gasteiger partial charge in [-0.05, 0) is 35.7 Å². The first-order valence-electron chi connectivity index (χ1n) is 8.40. The molecule has 5 heteroatoms. The van der Waals surface area contributed by atoms with E-state index in [2.05, 4.69) is 47.7 Å². The van der Waals surface area contributed by atoms with Crippen LogP contribution in [0.1, 0.15) is 24.1 Å². The Hall–Kier alpha value is -2.79. The molecule has 0 saturated heterocycles. The molecule has 4 rings (SSSR count). The quantitative estimate of drug-likeness (QED) is 0.773. The molecule has 1 aliphatic rings. The largest absolute Gasteiger partial charge is 0.454 e. The van der Waals surface area contributed by atoms with Crippen LogP contribution in [-0.4, -0.2) is 16.6 Å². The van der Waals surface area contributed by atoms with Crippen LogP contribution >= 0.6 is 0 Å². The lowest BCUT2D eigenvalue weighted by molar-refractivity contribution is 0.174. The van der Waals surface area contributed by atoms with E-state index in [1.165, 1.54) is 16.7 Å². The molecule has 2 heterocycles. The number of benzene rings is 2. The maximum Gasteiger partial charge on any atom is 0.231 e. The highest BCUT2D eigenvalue weighted by molar-refractivity contribution is 5.61. The first-order chi connectivity index (χ1) is 12.2. The van der Waals surface area contributed by atoms with E-state index >= 15 is 0 Å². The molecule has 0 saturated carbocycles. The van der Waals surface area contributed by atoms with Gasteiger partial charge in [-0.15, -0.1) is 0 Å². The number of nitrogens with one attached hydrogen (secondary N) is 1.